The van der Waals surface area contributed by atoms with Gasteiger partial charge in [-0.2, -0.15) is 0 Å². The van der Waals surface area contributed by atoms with Crippen molar-refractivity contribution in [3.8, 4) is 0 Å². The van der Waals surface area contributed by atoms with Gasteiger partial charge in [-0.05, 0) is 96.4 Å². The molecule has 0 fully saturated rings. The van der Waals surface area contributed by atoms with Crippen LogP contribution in [0, 0.1) is 0 Å². The molecule has 0 bridgehead atoms. The molecule has 0 aromatic heterocycles. The van der Waals surface area contributed by atoms with E-state index in [0.29, 0.717) is 0 Å². The molecule has 2 nitrogen and oxygen atoms in total. The Balaban J connectivity index is 0.000000960. The van der Waals surface area contributed by atoms with Crippen molar-refractivity contribution < 1.29 is 0 Å². The molecule has 2 heteroatoms. The lowest BCUT2D eigenvalue weighted by molar-refractivity contribution is 1.28. The minimum absolute atomic E-state index is 1.14. The van der Waals surface area contributed by atoms with Crippen molar-refractivity contribution in [2.75, 3.05) is 9.80 Å². The molecule has 0 saturated carbocycles. The molecule has 7 aromatic rings. The lowest BCUT2D eigenvalue weighted by Crippen LogP contribution is -2.09. The summed E-state index contributed by atoms with van der Waals surface area (Å²) < 4.78 is 0. The van der Waals surface area contributed by atoms with E-state index in [0.717, 1.165) is 34.1 Å². The molecule has 0 spiro atoms. The van der Waals surface area contributed by atoms with Gasteiger partial charge in [0, 0.05) is 34.1 Å². The first kappa shape index (κ1) is 54.6. The van der Waals surface area contributed by atoms with Gasteiger partial charge in [-0.1, -0.05) is 235 Å². The van der Waals surface area contributed by atoms with Gasteiger partial charge in [0.15, 0.2) is 0 Å². The van der Waals surface area contributed by atoms with Crippen LogP contribution >= 0.6 is 0 Å². The van der Waals surface area contributed by atoms with Gasteiger partial charge in [-0.15, -0.1) is 0 Å². The maximum Gasteiger partial charge on any atom is 0.0462 e. The van der Waals surface area contributed by atoms with Gasteiger partial charge < -0.3 is 9.80 Å². The summed E-state index contributed by atoms with van der Waals surface area (Å²) in [5, 5.41) is 0. The molecule has 0 aliphatic heterocycles. The molecule has 0 saturated heterocycles. The van der Waals surface area contributed by atoms with Crippen molar-refractivity contribution in [2.24, 2.45) is 0 Å². The number of hydrogen-bond donors (Lipinski definition) is 0. The lowest BCUT2D eigenvalue weighted by Gasteiger charge is -2.25. The largest absolute Gasteiger partial charge is 0.311 e. The van der Waals surface area contributed by atoms with E-state index in [-0.39, 0.29) is 0 Å². The van der Waals surface area contributed by atoms with Crippen molar-refractivity contribution in [2.45, 2.75) is 90.0 Å². The van der Waals surface area contributed by atoms with Crippen LogP contribution in [0.4, 0.5) is 34.1 Å². The molecule has 61 heavy (non-hydrogen) atoms. The van der Waals surface area contributed by atoms with Crippen molar-refractivity contribution in [3.05, 3.63) is 223 Å². The lowest BCUT2D eigenvalue weighted by atomic mass is 10.1. The topological polar surface area (TPSA) is 6.48 Å². The first-order valence-corrected chi connectivity index (χ1v) is 22.6. The van der Waals surface area contributed by atoms with Crippen molar-refractivity contribution in [1.29, 1.82) is 0 Å². The van der Waals surface area contributed by atoms with Crippen molar-refractivity contribution >= 4 is 52.4 Å². The van der Waals surface area contributed by atoms with Gasteiger partial charge in [0.05, 0.1) is 0 Å². The summed E-state index contributed by atoms with van der Waals surface area (Å²) in [5.74, 6) is 0. The highest BCUT2D eigenvalue weighted by molar-refractivity contribution is 5.79. The number of nitrogens with zero attached hydrogens (tertiary/aromatic N) is 2. The van der Waals surface area contributed by atoms with E-state index >= 15 is 0 Å². The first-order chi connectivity index (χ1) is 30.3. The fraction of sp³-hybridized carbons (Fsp3) is 0.220. The van der Waals surface area contributed by atoms with E-state index in [1.54, 1.807) is 0 Å². The Labute approximate surface area is 373 Å². The van der Waals surface area contributed by atoms with Crippen LogP contribution in [0.15, 0.2) is 206 Å². The Morgan fingerprint density at radius 2 is 0.426 bits per heavy atom. The van der Waals surface area contributed by atoms with Crippen LogP contribution < -0.4 is 9.80 Å². The molecule has 0 radical (unpaired) electrons. The van der Waals surface area contributed by atoms with Crippen LogP contribution in [0.3, 0.4) is 0 Å². The highest BCUT2D eigenvalue weighted by Gasteiger charge is 2.12. The monoisotopic (exact) mass is 813 g/mol. The molecule has 0 heterocycles. The van der Waals surface area contributed by atoms with Crippen LogP contribution in [-0.2, 0) is 0 Å². The standard InChI is InChI=1S/C26H21N.C21H19N.6C2H6/c1-4-10-22(11-5-1)16-17-23-18-20-26(21-19-23)27(24-12-6-2-7-13-24)25-14-8-3-9-15-25;1-2-9-18-14-16-21(17-15-18)22(19-10-5-3-6-11-19)20-12-7-4-8-13-20;6*1-2/h1-21H;2-17H,1H3;6*1-2H3/b17-16+;9-2+;;;;;;. The molecular weight excluding hydrogens is 737 g/mol. The van der Waals surface area contributed by atoms with Crippen LogP contribution in [0.2, 0.25) is 0 Å². The van der Waals surface area contributed by atoms with E-state index < -0.39 is 0 Å². The second-order valence-electron chi connectivity index (χ2n) is 11.4. The van der Waals surface area contributed by atoms with E-state index in [1.165, 1.54) is 16.7 Å². The quantitative estimate of drug-likeness (QED) is 0.134. The van der Waals surface area contributed by atoms with E-state index in [9.17, 15) is 0 Å². The van der Waals surface area contributed by atoms with Gasteiger partial charge in [0.25, 0.3) is 0 Å². The number of hydrogen-bond acceptors (Lipinski definition) is 2. The number of anilines is 6. The summed E-state index contributed by atoms with van der Waals surface area (Å²) in [4.78, 5) is 4.53. The Morgan fingerprint density at radius 1 is 0.230 bits per heavy atom. The molecule has 0 aliphatic carbocycles. The van der Waals surface area contributed by atoms with Crippen LogP contribution in [0.5, 0.6) is 0 Å². The van der Waals surface area contributed by atoms with E-state index in [2.05, 4.69) is 204 Å². The zero-order valence-electron chi connectivity index (χ0n) is 39.8. The minimum Gasteiger partial charge on any atom is -0.311 e. The van der Waals surface area contributed by atoms with Gasteiger partial charge in [0.1, 0.15) is 0 Å². The maximum absolute atomic E-state index is 2.27. The minimum atomic E-state index is 1.14. The molecule has 322 valence electrons. The number of para-hydroxylation sites is 4. The second kappa shape index (κ2) is 36.7. The van der Waals surface area contributed by atoms with Gasteiger partial charge in [0.2, 0.25) is 0 Å². The van der Waals surface area contributed by atoms with Crippen LogP contribution in [-0.4, -0.2) is 0 Å². The molecule has 0 aliphatic rings. The normalized spacial score (nSPS) is 9.26. The Bertz CT molecular complexity index is 1940. The molecule has 0 unspecified atom stereocenters. The molecule has 0 atom stereocenters. The summed E-state index contributed by atoms with van der Waals surface area (Å²) >= 11 is 0. The third kappa shape index (κ3) is 19.5. The van der Waals surface area contributed by atoms with Crippen molar-refractivity contribution in [1.82, 2.24) is 0 Å². The summed E-state index contributed by atoms with van der Waals surface area (Å²) in [6.07, 6.45) is 8.45. The van der Waals surface area contributed by atoms with E-state index in [4.69, 9.17) is 0 Å². The Morgan fingerprint density at radius 3 is 0.672 bits per heavy atom. The Hall–Kier alpha value is -6.38. The molecular formula is C59H76N2. The fourth-order valence-corrected chi connectivity index (χ4v) is 5.62. The Kier molecular flexibility index (Phi) is 32.8. The predicted octanol–water partition coefficient (Wildman–Crippen LogP) is 19.7. The molecule has 0 N–H and O–H groups in total. The van der Waals surface area contributed by atoms with E-state index in [1.807, 2.05) is 120 Å². The third-order valence-corrected chi connectivity index (χ3v) is 7.99. The van der Waals surface area contributed by atoms with Gasteiger partial charge in [-0.3, -0.25) is 0 Å². The smallest absolute Gasteiger partial charge is 0.0462 e. The molecule has 7 rings (SSSR count). The first-order valence-electron chi connectivity index (χ1n) is 22.6. The maximum atomic E-state index is 2.27. The third-order valence-electron chi connectivity index (χ3n) is 7.99. The van der Waals surface area contributed by atoms with Crippen LogP contribution in [0.1, 0.15) is 107 Å². The fourth-order valence-electron chi connectivity index (χ4n) is 5.62. The summed E-state index contributed by atoms with van der Waals surface area (Å²) in [5.41, 5.74) is 10.5. The summed E-state index contributed by atoms with van der Waals surface area (Å²) in [6, 6.07) is 69.5. The van der Waals surface area contributed by atoms with Crippen molar-refractivity contribution in [3.63, 3.8) is 0 Å². The molecule has 0 amide bonds. The predicted molar refractivity (Wildman–Crippen MR) is 280 cm³/mol. The molecule has 7 aromatic carbocycles. The average molecular weight is 813 g/mol. The number of benzene rings is 7. The number of allylic oxidation sites excluding steroid dienone is 1. The zero-order valence-corrected chi connectivity index (χ0v) is 39.8. The second-order valence-corrected chi connectivity index (χ2v) is 11.4. The highest BCUT2D eigenvalue weighted by atomic mass is 15.1. The highest BCUT2D eigenvalue weighted by Crippen LogP contribution is 2.35. The number of rotatable bonds is 9. The van der Waals surface area contributed by atoms with Gasteiger partial charge >= 0.3 is 0 Å². The summed E-state index contributed by atoms with van der Waals surface area (Å²) in [7, 11) is 0. The van der Waals surface area contributed by atoms with Gasteiger partial charge in [-0.25, -0.2) is 0 Å². The zero-order chi connectivity index (χ0) is 45.5. The SMILES string of the molecule is C(=C\c1ccc(N(c2ccccc2)c2ccccc2)cc1)/c1ccccc1.C/C=C/c1ccc(N(c2ccccc2)c2ccccc2)cc1.CC.CC.CC.CC.CC.CC. The van der Waals surface area contributed by atoms with Crippen LogP contribution in [0.25, 0.3) is 18.2 Å². The average Bonchev–Trinajstić information content (AvgIpc) is 3.38. The summed E-state index contributed by atoms with van der Waals surface area (Å²) in [6.45, 7) is 26.0.